The lowest BCUT2D eigenvalue weighted by molar-refractivity contribution is -0.117. The molecule has 1 saturated carbocycles. The Kier molecular flexibility index (Phi) is 6.28. The topological polar surface area (TPSA) is 93.4 Å². The molecule has 0 aromatic heterocycles. The van der Waals surface area contributed by atoms with Crippen molar-refractivity contribution < 1.29 is 14.3 Å². The van der Waals surface area contributed by atoms with Gasteiger partial charge in [0.2, 0.25) is 5.91 Å². The van der Waals surface area contributed by atoms with Gasteiger partial charge >= 0.3 is 6.09 Å². The molecule has 1 aromatic carbocycles. The number of hydrogen-bond donors (Lipinski definition) is 3. The van der Waals surface area contributed by atoms with Gasteiger partial charge in [0, 0.05) is 18.3 Å². The average Bonchev–Trinajstić information content (AvgIpc) is 2.92. The van der Waals surface area contributed by atoms with Gasteiger partial charge in [-0.25, -0.2) is 4.79 Å². The van der Waals surface area contributed by atoms with Crippen molar-refractivity contribution in [3.05, 3.63) is 29.8 Å². The van der Waals surface area contributed by atoms with Crippen LogP contribution in [0.15, 0.2) is 24.3 Å². The molecule has 0 radical (unpaired) electrons. The van der Waals surface area contributed by atoms with Gasteiger partial charge in [-0.2, -0.15) is 0 Å². The van der Waals surface area contributed by atoms with Gasteiger partial charge in [0.25, 0.3) is 0 Å². The second-order valence-electron chi connectivity index (χ2n) is 7.66. The minimum atomic E-state index is -0.482. The second-order valence-corrected chi connectivity index (χ2v) is 7.66. The van der Waals surface area contributed by atoms with E-state index in [1.54, 1.807) is 0 Å². The maximum Gasteiger partial charge on any atom is 0.407 e. The highest BCUT2D eigenvalue weighted by Crippen LogP contribution is 2.28. The van der Waals surface area contributed by atoms with Crippen molar-refractivity contribution in [2.75, 3.05) is 11.9 Å². The Hall–Kier alpha value is -2.24. The molecule has 0 saturated heterocycles. The number of amides is 2. The highest BCUT2D eigenvalue weighted by atomic mass is 16.6. The molecule has 0 aliphatic heterocycles. The Morgan fingerprint density at radius 3 is 2.48 bits per heavy atom. The molecule has 0 heterocycles. The molecule has 2 amide bonds. The van der Waals surface area contributed by atoms with Crippen molar-refractivity contribution in [2.24, 2.45) is 11.7 Å². The first-order chi connectivity index (χ1) is 11.7. The number of carbonyl (C=O) groups excluding carboxylic acids is 2. The first-order valence-electron chi connectivity index (χ1n) is 8.83. The lowest BCUT2D eigenvalue weighted by Crippen LogP contribution is -2.38. The fourth-order valence-electron chi connectivity index (χ4n) is 3.13. The van der Waals surface area contributed by atoms with Crippen LogP contribution in [0.2, 0.25) is 0 Å². The summed E-state index contributed by atoms with van der Waals surface area (Å²) >= 11 is 0. The first kappa shape index (κ1) is 19.1. The third kappa shape index (κ3) is 6.64. The fourth-order valence-corrected chi connectivity index (χ4v) is 3.13. The molecule has 0 spiro atoms. The van der Waals surface area contributed by atoms with E-state index in [0.29, 0.717) is 18.5 Å². The average molecular weight is 347 g/mol. The van der Waals surface area contributed by atoms with E-state index < -0.39 is 5.60 Å². The summed E-state index contributed by atoms with van der Waals surface area (Å²) in [6.45, 7) is 6.17. The van der Waals surface area contributed by atoms with Crippen LogP contribution in [0.5, 0.6) is 0 Å². The van der Waals surface area contributed by atoms with E-state index in [4.69, 9.17) is 10.5 Å². The molecule has 1 aliphatic carbocycles. The highest BCUT2D eigenvalue weighted by Gasteiger charge is 2.28. The Morgan fingerprint density at radius 2 is 1.88 bits per heavy atom. The van der Waals surface area contributed by atoms with E-state index in [-0.39, 0.29) is 18.4 Å². The number of anilines is 1. The largest absolute Gasteiger partial charge is 0.444 e. The zero-order chi connectivity index (χ0) is 18.4. The Morgan fingerprint density at radius 1 is 1.20 bits per heavy atom. The van der Waals surface area contributed by atoms with Crippen LogP contribution in [0.3, 0.4) is 0 Å². The summed E-state index contributed by atoms with van der Waals surface area (Å²) in [5, 5.41) is 6.41. The number of carbonyl (C=O) groups is 2. The lowest BCUT2D eigenvalue weighted by atomic mass is 10.0. The van der Waals surface area contributed by atoms with Gasteiger partial charge in [0.1, 0.15) is 5.60 Å². The second kappa shape index (κ2) is 8.23. The van der Waals surface area contributed by atoms with E-state index in [9.17, 15) is 9.59 Å². The van der Waals surface area contributed by atoms with Crippen molar-refractivity contribution in [2.45, 2.75) is 58.1 Å². The van der Waals surface area contributed by atoms with Crippen molar-refractivity contribution in [1.82, 2.24) is 5.32 Å². The molecule has 25 heavy (non-hydrogen) atoms. The van der Waals surface area contributed by atoms with Crippen LogP contribution in [-0.4, -0.2) is 30.2 Å². The standard InChI is InChI=1S/C19H29N3O3/c1-19(2,3)25-18(24)21-12-14-5-4-6-16(14)22-15-9-7-13(8-10-15)11-17(20)23/h7-10,14,16,22H,4-6,11-12H2,1-3H3,(H2,20,23)(H,21,24). The van der Waals surface area contributed by atoms with E-state index in [1.807, 2.05) is 45.0 Å². The number of hydrogen-bond acceptors (Lipinski definition) is 4. The monoisotopic (exact) mass is 347 g/mol. The van der Waals surface area contributed by atoms with Gasteiger partial charge in [0.15, 0.2) is 0 Å². The molecule has 1 fully saturated rings. The molecule has 1 aromatic rings. The SMILES string of the molecule is CC(C)(C)OC(=O)NCC1CCCC1Nc1ccc(CC(N)=O)cc1. The van der Waals surface area contributed by atoms with Gasteiger partial charge in [-0.05, 0) is 57.2 Å². The van der Waals surface area contributed by atoms with E-state index in [2.05, 4.69) is 10.6 Å². The molecule has 2 atom stereocenters. The molecule has 2 unspecified atom stereocenters. The van der Waals surface area contributed by atoms with Gasteiger partial charge in [-0.1, -0.05) is 18.6 Å². The molecule has 4 N–H and O–H groups in total. The van der Waals surface area contributed by atoms with Crippen molar-refractivity contribution in [3.63, 3.8) is 0 Å². The zero-order valence-corrected chi connectivity index (χ0v) is 15.3. The van der Waals surface area contributed by atoms with Crippen LogP contribution >= 0.6 is 0 Å². The van der Waals surface area contributed by atoms with Gasteiger partial charge < -0.3 is 21.1 Å². The summed E-state index contributed by atoms with van der Waals surface area (Å²) < 4.78 is 5.29. The van der Waals surface area contributed by atoms with Crippen molar-refractivity contribution in [1.29, 1.82) is 0 Å². The number of alkyl carbamates (subject to hydrolysis) is 1. The number of nitrogens with two attached hydrogens (primary N) is 1. The smallest absolute Gasteiger partial charge is 0.407 e. The summed E-state index contributed by atoms with van der Waals surface area (Å²) in [7, 11) is 0. The molecular weight excluding hydrogens is 318 g/mol. The summed E-state index contributed by atoms with van der Waals surface area (Å²) in [6.07, 6.45) is 3.18. The van der Waals surface area contributed by atoms with Crippen LogP contribution < -0.4 is 16.4 Å². The number of rotatable bonds is 6. The van der Waals surface area contributed by atoms with Crippen molar-refractivity contribution in [3.8, 4) is 0 Å². The van der Waals surface area contributed by atoms with Crippen LogP contribution in [0.1, 0.15) is 45.6 Å². The van der Waals surface area contributed by atoms with Gasteiger partial charge in [0.05, 0.1) is 6.42 Å². The predicted molar refractivity (Wildman–Crippen MR) is 98.3 cm³/mol. The fraction of sp³-hybridized carbons (Fsp3) is 0.579. The van der Waals surface area contributed by atoms with Crippen molar-refractivity contribution >= 4 is 17.7 Å². The number of ether oxygens (including phenoxy) is 1. The molecule has 2 rings (SSSR count). The molecule has 1 aliphatic rings. The maximum absolute atomic E-state index is 11.8. The third-order valence-corrected chi connectivity index (χ3v) is 4.25. The predicted octanol–water partition coefficient (Wildman–Crippen LogP) is 2.82. The molecule has 138 valence electrons. The third-order valence-electron chi connectivity index (χ3n) is 4.25. The number of nitrogens with one attached hydrogen (secondary N) is 2. The normalized spacial score (nSPS) is 20.1. The Labute approximate surface area is 149 Å². The minimum Gasteiger partial charge on any atom is -0.444 e. The lowest BCUT2D eigenvalue weighted by Gasteiger charge is -2.24. The summed E-state index contributed by atoms with van der Waals surface area (Å²) in [5.41, 5.74) is 6.65. The Balaban J connectivity index is 1.84. The number of benzene rings is 1. The summed E-state index contributed by atoms with van der Waals surface area (Å²) in [6, 6.07) is 8.08. The van der Waals surface area contributed by atoms with E-state index >= 15 is 0 Å². The molecule has 6 nitrogen and oxygen atoms in total. The van der Waals surface area contributed by atoms with Crippen LogP contribution in [0, 0.1) is 5.92 Å². The Bertz CT molecular complexity index is 593. The highest BCUT2D eigenvalue weighted by molar-refractivity contribution is 5.76. The first-order valence-corrected chi connectivity index (χ1v) is 8.83. The summed E-state index contributed by atoms with van der Waals surface area (Å²) in [5.74, 6) is 0.0441. The maximum atomic E-state index is 11.8. The quantitative estimate of drug-likeness (QED) is 0.737. The van der Waals surface area contributed by atoms with E-state index in [1.165, 1.54) is 0 Å². The van der Waals surface area contributed by atoms with E-state index in [0.717, 1.165) is 30.5 Å². The molecule has 6 heteroatoms. The molecule has 0 bridgehead atoms. The van der Waals surface area contributed by atoms with Crippen LogP contribution in [0.25, 0.3) is 0 Å². The minimum absolute atomic E-state index is 0.256. The zero-order valence-electron chi connectivity index (χ0n) is 15.3. The summed E-state index contributed by atoms with van der Waals surface area (Å²) in [4.78, 5) is 22.8. The van der Waals surface area contributed by atoms with Gasteiger partial charge in [-0.15, -0.1) is 0 Å². The number of primary amides is 1. The van der Waals surface area contributed by atoms with Gasteiger partial charge in [-0.3, -0.25) is 4.79 Å². The van der Waals surface area contributed by atoms with Crippen LogP contribution in [0.4, 0.5) is 10.5 Å². The molecular formula is C19H29N3O3. The van der Waals surface area contributed by atoms with Crippen LogP contribution in [-0.2, 0) is 16.0 Å².